The molecule has 0 radical (unpaired) electrons. The van der Waals surface area contributed by atoms with Crippen molar-refractivity contribution >= 4 is 22.8 Å². The fourth-order valence-electron chi connectivity index (χ4n) is 6.53. The zero-order chi connectivity index (χ0) is 29.3. The number of aliphatic hydroxyl groups is 1. The van der Waals surface area contributed by atoms with Gasteiger partial charge in [0.05, 0.1) is 16.6 Å². The van der Waals surface area contributed by atoms with Crippen LogP contribution in [0.15, 0.2) is 47.5 Å². The van der Waals surface area contributed by atoms with Gasteiger partial charge < -0.3 is 20.0 Å². The maximum absolute atomic E-state index is 13.5. The molecular formula is C32H42FN5O3. The highest BCUT2D eigenvalue weighted by molar-refractivity contribution is 5.95. The molecule has 0 bridgehead atoms. The molecule has 0 unspecified atom stereocenters. The molecule has 0 spiro atoms. The highest BCUT2D eigenvalue weighted by Gasteiger charge is 2.36. The molecule has 5 rings (SSSR count). The molecule has 1 aliphatic carbocycles. The van der Waals surface area contributed by atoms with Gasteiger partial charge in [-0.3, -0.25) is 14.5 Å². The number of carbonyl (C=O) groups excluding carboxylic acids is 2. The minimum absolute atomic E-state index is 0.0230. The van der Waals surface area contributed by atoms with Crippen molar-refractivity contribution in [3.63, 3.8) is 0 Å². The number of aromatic amines is 1. The molecule has 1 aliphatic heterocycles. The number of carbonyl (C=O) groups is 2. The summed E-state index contributed by atoms with van der Waals surface area (Å²) in [4.78, 5) is 35.9. The van der Waals surface area contributed by atoms with Crippen molar-refractivity contribution in [3.05, 3.63) is 65.0 Å². The zero-order valence-electron chi connectivity index (χ0n) is 24.5. The van der Waals surface area contributed by atoms with E-state index < -0.39 is 17.3 Å². The van der Waals surface area contributed by atoms with E-state index in [4.69, 9.17) is 0 Å². The fraction of sp³-hybridized carbons (Fsp3) is 0.531. The predicted octanol–water partition coefficient (Wildman–Crippen LogP) is 4.84. The maximum atomic E-state index is 13.5. The number of fused-ring (bicyclic) bond motifs is 1. The van der Waals surface area contributed by atoms with Crippen molar-refractivity contribution < 1.29 is 19.1 Å². The van der Waals surface area contributed by atoms with Gasteiger partial charge in [0.2, 0.25) is 11.5 Å². The van der Waals surface area contributed by atoms with Gasteiger partial charge in [0.25, 0.3) is 5.91 Å². The number of likely N-dealkylation sites (tertiary alicyclic amines) is 1. The Hall–Kier alpha value is -3.30. The molecule has 3 aromatic rings. The third kappa shape index (κ3) is 6.62. The van der Waals surface area contributed by atoms with Gasteiger partial charge in [0.1, 0.15) is 5.82 Å². The van der Waals surface area contributed by atoms with Crippen LogP contribution in [0.3, 0.4) is 0 Å². The third-order valence-corrected chi connectivity index (χ3v) is 8.52. The van der Waals surface area contributed by atoms with Crippen LogP contribution in [-0.2, 0) is 11.3 Å². The molecule has 2 aliphatic rings. The van der Waals surface area contributed by atoms with Gasteiger partial charge in [-0.2, -0.15) is 4.99 Å². The Morgan fingerprint density at radius 1 is 1.10 bits per heavy atom. The monoisotopic (exact) mass is 563 g/mol. The van der Waals surface area contributed by atoms with Crippen LogP contribution in [0.5, 0.6) is 0 Å². The van der Waals surface area contributed by atoms with Crippen LogP contribution in [0.4, 0.5) is 4.39 Å². The quantitative estimate of drug-likeness (QED) is 0.383. The lowest BCUT2D eigenvalue weighted by atomic mass is 9.85. The first-order chi connectivity index (χ1) is 19.5. The third-order valence-electron chi connectivity index (χ3n) is 8.52. The standard InChI is InChI=1S/C32H42FN5O3/c1-20(2)34-29(39)23-10-14-25(15-11-23)38-27-18-21(19-37-17-5-6-28(37)32(3,4)41)7-16-26(27)35-31(38)36-30(40)22-8-12-24(33)13-9-22/h7-9,12-13,16,18,20,23,25,28,41H,5-6,10-11,14-15,17,19H2,1-4H3,(H,34,39)(H,35,36,40)/t23-,25+,28-/m0/s1. The Kier molecular flexibility index (Phi) is 8.47. The number of halogens is 1. The first kappa shape index (κ1) is 29.2. The van der Waals surface area contributed by atoms with Crippen LogP contribution in [0.2, 0.25) is 0 Å². The summed E-state index contributed by atoms with van der Waals surface area (Å²) in [7, 11) is 0. The molecule has 1 aromatic heterocycles. The molecule has 8 nitrogen and oxygen atoms in total. The van der Waals surface area contributed by atoms with Gasteiger partial charge >= 0.3 is 0 Å². The molecule has 1 saturated heterocycles. The number of benzene rings is 2. The topological polar surface area (TPSA) is 103 Å². The minimum Gasteiger partial charge on any atom is -0.389 e. The molecule has 1 atom stereocenters. The lowest BCUT2D eigenvalue weighted by molar-refractivity contribution is -0.126. The van der Waals surface area contributed by atoms with Crippen molar-refractivity contribution in [3.8, 4) is 0 Å². The Morgan fingerprint density at radius 2 is 1.80 bits per heavy atom. The molecule has 1 saturated carbocycles. The number of hydrogen-bond acceptors (Lipinski definition) is 4. The summed E-state index contributed by atoms with van der Waals surface area (Å²) in [6, 6.07) is 12.0. The summed E-state index contributed by atoms with van der Waals surface area (Å²) >= 11 is 0. The minimum atomic E-state index is -0.776. The number of amides is 2. The summed E-state index contributed by atoms with van der Waals surface area (Å²) in [5.74, 6) is -0.767. The van der Waals surface area contributed by atoms with Crippen LogP contribution < -0.4 is 10.9 Å². The van der Waals surface area contributed by atoms with E-state index in [1.165, 1.54) is 24.3 Å². The van der Waals surface area contributed by atoms with E-state index in [9.17, 15) is 19.1 Å². The Morgan fingerprint density at radius 3 is 2.46 bits per heavy atom. The van der Waals surface area contributed by atoms with Gasteiger partial charge in [-0.1, -0.05) is 6.07 Å². The van der Waals surface area contributed by atoms with E-state index in [0.29, 0.717) is 11.2 Å². The van der Waals surface area contributed by atoms with E-state index in [1.54, 1.807) is 0 Å². The summed E-state index contributed by atoms with van der Waals surface area (Å²) in [5, 5.41) is 13.8. The van der Waals surface area contributed by atoms with Crippen LogP contribution in [0.1, 0.15) is 88.2 Å². The van der Waals surface area contributed by atoms with Gasteiger partial charge in [-0.15, -0.1) is 0 Å². The second-order valence-corrected chi connectivity index (χ2v) is 12.5. The average molecular weight is 564 g/mol. The molecule has 9 heteroatoms. The Bertz CT molecular complexity index is 1460. The Labute approximate surface area is 240 Å². The number of imidazole rings is 1. The number of H-pyrrole nitrogens is 1. The maximum Gasteiger partial charge on any atom is 0.280 e. The van der Waals surface area contributed by atoms with Gasteiger partial charge in [0, 0.05) is 36.2 Å². The zero-order valence-corrected chi connectivity index (χ0v) is 24.5. The highest BCUT2D eigenvalue weighted by atomic mass is 19.1. The number of nitrogens with zero attached hydrogens (tertiary/aromatic N) is 3. The second-order valence-electron chi connectivity index (χ2n) is 12.5. The van der Waals surface area contributed by atoms with Gasteiger partial charge in [-0.25, -0.2) is 4.39 Å². The summed E-state index contributed by atoms with van der Waals surface area (Å²) in [6.45, 7) is 9.36. The first-order valence-corrected chi connectivity index (χ1v) is 14.8. The molecule has 41 heavy (non-hydrogen) atoms. The van der Waals surface area contributed by atoms with Crippen molar-refractivity contribution in [1.82, 2.24) is 19.8 Å². The smallest absolute Gasteiger partial charge is 0.280 e. The van der Waals surface area contributed by atoms with Crippen molar-refractivity contribution in [2.24, 2.45) is 10.9 Å². The largest absolute Gasteiger partial charge is 0.389 e. The van der Waals surface area contributed by atoms with Crippen LogP contribution >= 0.6 is 0 Å². The van der Waals surface area contributed by atoms with Crippen molar-refractivity contribution in [1.29, 1.82) is 0 Å². The lowest BCUT2D eigenvalue weighted by Gasteiger charge is -2.34. The SMILES string of the molecule is CC(C)NC(=O)[C@H]1CC[C@@H](n2/c(=N/C(=O)c3ccc(F)cc3)[nH]c3ccc(CN4CCC[C@H]4C(C)(C)O)cc32)CC1. The highest BCUT2D eigenvalue weighted by Crippen LogP contribution is 2.34. The number of hydrogen-bond donors (Lipinski definition) is 3. The summed E-state index contributed by atoms with van der Waals surface area (Å²) in [6.07, 6.45) is 5.13. The van der Waals surface area contributed by atoms with E-state index in [0.717, 1.165) is 68.2 Å². The van der Waals surface area contributed by atoms with Crippen LogP contribution in [-0.4, -0.2) is 55.6 Å². The molecule has 220 valence electrons. The first-order valence-electron chi connectivity index (χ1n) is 14.8. The van der Waals surface area contributed by atoms with E-state index >= 15 is 0 Å². The molecule has 2 fully saturated rings. The molecular weight excluding hydrogens is 521 g/mol. The van der Waals surface area contributed by atoms with Crippen molar-refractivity contribution in [2.45, 2.75) is 96.5 Å². The second kappa shape index (κ2) is 11.9. The predicted molar refractivity (Wildman–Crippen MR) is 157 cm³/mol. The van der Waals surface area contributed by atoms with Crippen molar-refractivity contribution in [2.75, 3.05) is 6.54 Å². The van der Waals surface area contributed by atoms with Gasteiger partial charge in [0.15, 0.2) is 0 Å². The van der Waals surface area contributed by atoms with Crippen LogP contribution in [0.25, 0.3) is 11.0 Å². The molecule has 2 amide bonds. The van der Waals surface area contributed by atoms with E-state index in [-0.39, 0.29) is 30.0 Å². The molecule has 2 heterocycles. The summed E-state index contributed by atoms with van der Waals surface area (Å²) in [5.41, 5.74) is 2.96. The van der Waals surface area contributed by atoms with E-state index in [1.807, 2.05) is 33.8 Å². The molecule has 3 N–H and O–H groups in total. The molecule has 2 aromatic carbocycles. The van der Waals surface area contributed by atoms with Crippen LogP contribution in [0, 0.1) is 11.7 Å². The Balaban J connectivity index is 1.49. The normalized spacial score (nSPS) is 22.5. The fourth-order valence-corrected chi connectivity index (χ4v) is 6.53. The van der Waals surface area contributed by atoms with Gasteiger partial charge in [-0.05, 0) is 115 Å². The summed E-state index contributed by atoms with van der Waals surface area (Å²) < 4.78 is 15.6. The van der Waals surface area contributed by atoms with E-state index in [2.05, 4.69) is 36.9 Å². The number of nitrogens with one attached hydrogen (secondary N) is 2. The number of aromatic nitrogens is 2. The lowest BCUT2D eigenvalue weighted by Crippen LogP contribution is -2.45. The average Bonchev–Trinajstić information content (AvgIpc) is 3.53. The number of rotatable bonds is 7.